The molecule has 0 fully saturated rings. The van der Waals surface area contributed by atoms with Gasteiger partial charge in [-0.1, -0.05) is 18.2 Å². The molecule has 130 valence electrons. The van der Waals surface area contributed by atoms with Crippen molar-refractivity contribution >= 4 is 23.2 Å². The van der Waals surface area contributed by atoms with Crippen LogP contribution in [0.5, 0.6) is 5.75 Å². The number of ether oxygens (including phenoxy) is 1. The normalized spacial score (nSPS) is 9.96. The van der Waals surface area contributed by atoms with Crippen LogP contribution in [0.3, 0.4) is 0 Å². The standard InChI is InChI=1S/C17H17N3O5/c1-25-15-7-5-12(6-8-15)9-10-18-16(21)17(22)19-13-3-2-4-14(11-13)20(23)24/h2-8,11H,9-10H2,1H3,(H,18,21)(H,19,22). The highest BCUT2D eigenvalue weighted by Crippen LogP contribution is 2.16. The highest BCUT2D eigenvalue weighted by atomic mass is 16.6. The lowest BCUT2D eigenvalue weighted by molar-refractivity contribution is -0.384. The molecule has 25 heavy (non-hydrogen) atoms. The number of carbonyl (C=O) groups excluding carboxylic acids is 2. The Balaban J connectivity index is 1.82. The fraction of sp³-hybridized carbons (Fsp3) is 0.176. The lowest BCUT2D eigenvalue weighted by Crippen LogP contribution is -2.36. The van der Waals surface area contributed by atoms with Gasteiger partial charge in [0.25, 0.3) is 5.69 Å². The summed E-state index contributed by atoms with van der Waals surface area (Å²) >= 11 is 0. The summed E-state index contributed by atoms with van der Waals surface area (Å²) in [6, 6.07) is 12.7. The zero-order valence-corrected chi connectivity index (χ0v) is 13.5. The van der Waals surface area contributed by atoms with Crippen molar-refractivity contribution in [1.29, 1.82) is 0 Å². The first kappa shape index (κ1) is 17.9. The zero-order chi connectivity index (χ0) is 18.2. The number of carbonyl (C=O) groups is 2. The summed E-state index contributed by atoms with van der Waals surface area (Å²) in [5.41, 5.74) is 1.00. The third-order valence-corrected chi connectivity index (χ3v) is 3.38. The summed E-state index contributed by atoms with van der Waals surface area (Å²) < 4.78 is 5.06. The van der Waals surface area contributed by atoms with E-state index in [9.17, 15) is 19.7 Å². The summed E-state index contributed by atoms with van der Waals surface area (Å²) in [7, 11) is 1.58. The van der Waals surface area contributed by atoms with Crippen LogP contribution in [-0.4, -0.2) is 30.4 Å². The van der Waals surface area contributed by atoms with E-state index in [2.05, 4.69) is 10.6 Å². The number of hydrogen-bond donors (Lipinski definition) is 2. The van der Waals surface area contributed by atoms with Crippen molar-refractivity contribution in [3.63, 3.8) is 0 Å². The molecule has 8 heteroatoms. The molecule has 0 saturated heterocycles. The quantitative estimate of drug-likeness (QED) is 0.473. The van der Waals surface area contributed by atoms with E-state index in [4.69, 9.17) is 4.74 Å². The maximum absolute atomic E-state index is 11.8. The maximum Gasteiger partial charge on any atom is 0.313 e. The predicted octanol–water partition coefficient (Wildman–Crippen LogP) is 1.90. The van der Waals surface area contributed by atoms with E-state index in [1.807, 2.05) is 24.3 Å². The van der Waals surface area contributed by atoms with Crippen molar-refractivity contribution in [2.24, 2.45) is 0 Å². The molecule has 0 aliphatic rings. The number of nitrogens with one attached hydrogen (secondary N) is 2. The van der Waals surface area contributed by atoms with Crippen LogP contribution in [0.15, 0.2) is 48.5 Å². The van der Waals surface area contributed by atoms with Crippen molar-refractivity contribution in [3.8, 4) is 5.75 Å². The average molecular weight is 343 g/mol. The Bertz CT molecular complexity index is 774. The average Bonchev–Trinajstić information content (AvgIpc) is 2.62. The molecule has 2 rings (SSSR count). The Morgan fingerprint density at radius 1 is 1.12 bits per heavy atom. The van der Waals surface area contributed by atoms with E-state index < -0.39 is 16.7 Å². The molecule has 2 aromatic rings. The zero-order valence-electron chi connectivity index (χ0n) is 13.5. The van der Waals surface area contributed by atoms with Gasteiger partial charge in [-0.05, 0) is 30.2 Å². The summed E-state index contributed by atoms with van der Waals surface area (Å²) in [4.78, 5) is 33.7. The van der Waals surface area contributed by atoms with Gasteiger partial charge in [-0.25, -0.2) is 0 Å². The number of hydrogen-bond acceptors (Lipinski definition) is 5. The molecule has 0 spiro atoms. The minimum Gasteiger partial charge on any atom is -0.497 e. The van der Waals surface area contributed by atoms with Crippen molar-refractivity contribution in [1.82, 2.24) is 5.32 Å². The van der Waals surface area contributed by atoms with Crippen molar-refractivity contribution < 1.29 is 19.2 Å². The molecular formula is C17H17N3O5. The molecule has 2 aromatic carbocycles. The fourth-order valence-electron chi connectivity index (χ4n) is 2.08. The molecule has 0 bridgehead atoms. The van der Waals surface area contributed by atoms with Crippen molar-refractivity contribution in [3.05, 3.63) is 64.2 Å². The van der Waals surface area contributed by atoms with Gasteiger partial charge in [0, 0.05) is 24.4 Å². The van der Waals surface area contributed by atoms with E-state index in [-0.39, 0.29) is 17.9 Å². The summed E-state index contributed by atoms with van der Waals surface area (Å²) in [6.07, 6.45) is 0.555. The number of benzene rings is 2. The van der Waals surface area contributed by atoms with Gasteiger partial charge in [-0.15, -0.1) is 0 Å². The van der Waals surface area contributed by atoms with E-state index in [1.54, 1.807) is 7.11 Å². The molecular weight excluding hydrogens is 326 g/mol. The molecule has 0 heterocycles. The highest BCUT2D eigenvalue weighted by Gasteiger charge is 2.14. The molecule has 2 N–H and O–H groups in total. The molecule has 0 aliphatic carbocycles. The first-order chi connectivity index (χ1) is 12.0. The smallest absolute Gasteiger partial charge is 0.313 e. The Kier molecular flexibility index (Phi) is 6.05. The van der Waals surface area contributed by atoms with Gasteiger partial charge in [0.05, 0.1) is 12.0 Å². The Morgan fingerprint density at radius 2 is 1.84 bits per heavy atom. The molecule has 0 atom stereocenters. The van der Waals surface area contributed by atoms with E-state index >= 15 is 0 Å². The summed E-state index contributed by atoms with van der Waals surface area (Å²) in [6.45, 7) is 0.285. The largest absolute Gasteiger partial charge is 0.497 e. The van der Waals surface area contributed by atoms with Crippen LogP contribution in [0, 0.1) is 10.1 Å². The summed E-state index contributed by atoms with van der Waals surface area (Å²) in [5, 5.41) is 15.5. The first-order valence-corrected chi connectivity index (χ1v) is 7.46. The molecule has 0 saturated carbocycles. The van der Waals surface area contributed by atoms with Crippen molar-refractivity contribution in [2.45, 2.75) is 6.42 Å². The SMILES string of the molecule is COc1ccc(CCNC(=O)C(=O)Nc2cccc([N+](=O)[O-])c2)cc1. The van der Waals surface area contributed by atoms with Crippen LogP contribution in [-0.2, 0) is 16.0 Å². The third kappa shape index (κ3) is 5.31. The molecule has 0 unspecified atom stereocenters. The number of methoxy groups -OCH3 is 1. The number of nitrogens with zero attached hydrogens (tertiary/aromatic N) is 1. The topological polar surface area (TPSA) is 111 Å². The lowest BCUT2D eigenvalue weighted by atomic mass is 10.1. The Labute approximate surface area is 144 Å². The molecule has 2 amide bonds. The van der Waals surface area contributed by atoms with Crippen LogP contribution in [0.1, 0.15) is 5.56 Å². The molecule has 8 nitrogen and oxygen atoms in total. The summed E-state index contributed by atoms with van der Waals surface area (Å²) in [5.74, 6) is -0.945. The van der Waals surface area contributed by atoms with Gasteiger partial charge in [-0.2, -0.15) is 0 Å². The second-order valence-electron chi connectivity index (χ2n) is 5.12. The van der Waals surface area contributed by atoms with E-state index in [0.717, 1.165) is 11.3 Å². The van der Waals surface area contributed by atoms with Gasteiger partial charge in [0.1, 0.15) is 5.75 Å². The second kappa shape index (κ2) is 8.44. The van der Waals surface area contributed by atoms with Gasteiger partial charge in [0.15, 0.2) is 0 Å². The lowest BCUT2D eigenvalue weighted by Gasteiger charge is -2.07. The second-order valence-corrected chi connectivity index (χ2v) is 5.12. The number of anilines is 1. The van der Waals surface area contributed by atoms with Crippen molar-refractivity contribution in [2.75, 3.05) is 19.0 Å². The number of nitro groups is 1. The monoisotopic (exact) mass is 343 g/mol. The van der Waals surface area contributed by atoms with Crippen LogP contribution in [0.2, 0.25) is 0 Å². The Hall–Kier alpha value is -3.42. The first-order valence-electron chi connectivity index (χ1n) is 7.46. The third-order valence-electron chi connectivity index (χ3n) is 3.38. The van der Waals surface area contributed by atoms with E-state index in [0.29, 0.717) is 6.42 Å². The number of non-ortho nitro benzene ring substituents is 1. The van der Waals surface area contributed by atoms with E-state index in [1.165, 1.54) is 24.3 Å². The highest BCUT2D eigenvalue weighted by molar-refractivity contribution is 6.39. The molecule has 0 aromatic heterocycles. The van der Waals surface area contributed by atoms with Gasteiger partial charge >= 0.3 is 11.8 Å². The van der Waals surface area contributed by atoms with Crippen LogP contribution < -0.4 is 15.4 Å². The fourth-order valence-corrected chi connectivity index (χ4v) is 2.08. The number of nitro benzene ring substituents is 1. The number of rotatable bonds is 6. The minimum absolute atomic E-state index is 0.169. The number of amides is 2. The van der Waals surface area contributed by atoms with Crippen LogP contribution >= 0.6 is 0 Å². The van der Waals surface area contributed by atoms with Gasteiger partial charge in [0.2, 0.25) is 0 Å². The Morgan fingerprint density at radius 3 is 2.48 bits per heavy atom. The minimum atomic E-state index is -0.879. The van der Waals surface area contributed by atoms with Crippen LogP contribution in [0.25, 0.3) is 0 Å². The van der Waals surface area contributed by atoms with Gasteiger partial charge in [-0.3, -0.25) is 19.7 Å². The van der Waals surface area contributed by atoms with Gasteiger partial charge < -0.3 is 15.4 Å². The van der Waals surface area contributed by atoms with Crippen LogP contribution in [0.4, 0.5) is 11.4 Å². The maximum atomic E-state index is 11.8. The molecule has 0 aliphatic heterocycles. The predicted molar refractivity (Wildman–Crippen MR) is 91.4 cm³/mol. The molecule has 0 radical (unpaired) electrons.